The van der Waals surface area contributed by atoms with E-state index < -0.39 is 0 Å². The van der Waals surface area contributed by atoms with Crippen molar-refractivity contribution < 1.29 is 9.59 Å². The molecule has 3 fully saturated rings. The minimum Gasteiger partial charge on any atom is -0.335 e. The molecule has 0 atom stereocenters. The van der Waals surface area contributed by atoms with Gasteiger partial charge in [0.2, 0.25) is 0 Å². The average molecular weight is 386 g/mol. The zero-order valence-electron chi connectivity index (χ0n) is 17.0. The van der Waals surface area contributed by atoms with Gasteiger partial charge in [0.05, 0.1) is 11.6 Å². The van der Waals surface area contributed by atoms with Crippen molar-refractivity contribution in [2.45, 2.75) is 44.7 Å². The summed E-state index contributed by atoms with van der Waals surface area (Å²) in [6.45, 7) is 6.90. The van der Waals surface area contributed by atoms with Gasteiger partial charge in [-0.2, -0.15) is 0 Å². The zero-order chi connectivity index (χ0) is 19.7. The van der Waals surface area contributed by atoms with E-state index in [0.717, 1.165) is 44.3 Å². The summed E-state index contributed by atoms with van der Waals surface area (Å²) >= 11 is 0. The number of urea groups is 1. The Kier molecular flexibility index (Phi) is 5.53. The van der Waals surface area contributed by atoms with Crippen LogP contribution in [-0.4, -0.2) is 94.9 Å². The summed E-state index contributed by atoms with van der Waals surface area (Å²) in [6.07, 6.45) is 6.67. The van der Waals surface area contributed by atoms with Crippen LogP contribution in [0.25, 0.3) is 0 Å². The second-order valence-electron chi connectivity index (χ2n) is 8.41. The molecule has 2 saturated heterocycles. The highest BCUT2D eigenvalue weighted by atomic mass is 16.2. The molecule has 152 valence electrons. The fourth-order valence-electron chi connectivity index (χ4n) is 4.27. The zero-order valence-corrected chi connectivity index (χ0v) is 17.0. The first-order valence-corrected chi connectivity index (χ1v) is 10.5. The van der Waals surface area contributed by atoms with Gasteiger partial charge in [-0.25, -0.2) is 4.79 Å². The Labute approximate surface area is 167 Å². The van der Waals surface area contributed by atoms with Gasteiger partial charge in [-0.3, -0.25) is 14.7 Å². The largest absolute Gasteiger partial charge is 0.335 e. The lowest BCUT2D eigenvalue weighted by Gasteiger charge is -2.45. The lowest BCUT2D eigenvalue weighted by molar-refractivity contribution is 0.0409. The van der Waals surface area contributed by atoms with E-state index in [2.05, 4.69) is 9.88 Å². The first-order chi connectivity index (χ1) is 13.5. The average Bonchev–Trinajstić information content (AvgIpc) is 2.85. The van der Waals surface area contributed by atoms with Crippen molar-refractivity contribution >= 4 is 11.9 Å². The van der Waals surface area contributed by atoms with E-state index in [4.69, 9.17) is 0 Å². The van der Waals surface area contributed by atoms with Crippen LogP contribution in [0.3, 0.4) is 0 Å². The van der Waals surface area contributed by atoms with Crippen molar-refractivity contribution in [3.05, 3.63) is 29.6 Å². The summed E-state index contributed by atoms with van der Waals surface area (Å²) in [6, 6.07) is 4.62. The molecule has 1 aromatic heterocycles. The van der Waals surface area contributed by atoms with Crippen LogP contribution in [0.2, 0.25) is 0 Å². The molecule has 3 aliphatic rings. The Hall–Kier alpha value is -2.15. The Bertz CT molecular complexity index is 712. The van der Waals surface area contributed by atoms with Gasteiger partial charge >= 0.3 is 6.03 Å². The molecule has 0 unspecified atom stereocenters. The normalized spacial score (nSPS) is 21.6. The van der Waals surface area contributed by atoms with E-state index in [1.807, 2.05) is 35.9 Å². The number of pyridine rings is 1. The topological polar surface area (TPSA) is 60.0 Å². The van der Waals surface area contributed by atoms with E-state index in [-0.39, 0.29) is 18.0 Å². The molecule has 0 bridgehead atoms. The predicted octanol–water partition coefficient (Wildman–Crippen LogP) is 1.83. The number of carbonyl (C=O) groups is 2. The lowest BCUT2D eigenvalue weighted by Crippen LogP contribution is -2.63. The number of amides is 3. The van der Waals surface area contributed by atoms with Crippen LogP contribution < -0.4 is 0 Å². The highest BCUT2D eigenvalue weighted by Gasteiger charge is 2.38. The van der Waals surface area contributed by atoms with Crippen molar-refractivity contribution in [2.75, 3.05) is 46.3 Å². The van der Waals surface area contributed by atoms with E-state index in [9.17, 15) is 9.59 Å². The third kappa shape index (κ3) is 3.85. The molecular formula is C21H31N5O2. The van der Waals surface area contributed by atoms with Crippen molar-refractivity contribution in [1.82, 2.24) is 24.6 Å². The molecule has 0 radical (unpaired) electrons. The molecule has 7 nitrogen and oxygen atoms in total. The molecule has 3 amide bonds. The second-order valence-corrected chi connectivity index (χ2v) is 8.41. The Morgan fingerprint density at radius 3 is 2.46 bits per heavy atom. The third-order valence-electron chi connectivity index (χ3n) is 6.55. The maximum absolute atomic E-state index is 12.9. The number of aromatic nitrogens is 1. The van der Waals surface area contributed by atoms with E-state index in [1.54, 1.807) is 11.1 Å². The van der Waals surface area contributed by atoms with Crippen LogP contribution in [-0.2, 0) is 0 Å². The summed E-state index contributed by atoms with van der Waals surface area (Å²) in [5, 5.41) is 0. The van der Waals surface area contributed by atoms with Gasteiger partial charge in [-0.1, -0.05) is 6.42 Å². The number of rotatable bonds is 3. The maximum Gasteiger partial charge on any atom is 0.320 e. The molecule has 1 aromatic rings. The van der Waals surface area contributed by atoms with E-state index >= 15 is 0 Å². The molecular weight excluding hydrogens is 354 g/mol. The number of hydrogen-bond acceptors (Lipinski definition) is 4. The summed E-state index contributed by atoms with van der Waals surface area (Å²) in [7, 11) is 1.82. The number of hydrogen-bond donors (Lipinski definition) is 0. The van der Waals surface area contributed by atoms with Crippen LogP contribution in [0, 0.1) is 6.92 Å². The molecule has 4 rings (SSSR count). The van der Waals surface area contributed by atoms with Crippen LogP contribution in [0.15, 0.2) is 18.3 Å². The first kappa shape index (κ1) is 19.2. The highest BCUT2D eigenvalue weighted by molar-refractivity contribution is 5.94. The lowest BCUT2D eigenvalue weighted by atomic mass is 9.91. The minimum absolute atomic E-state index is 0.0319. The molecule has 0 N–H and O–H groups in total. The molecule has 7 heteroatoms. The number of carbonyl (C=O) groups excluding carboxylic acids is 2. The van der Waals surface area contributed by atoms with Gasteiger partial charge in [0.1, 0.15) is 0 Å². The first-order valence-electron chi connectivity index (χ1n) is 10.5. The van der Waals surface area contributed by atoms with Crippen molar-refractivity contribution in [1.29, 1.82) is 0 Å². The van der Waals surface area contributed by atoms with Crippen molar-refractivity contribution in [3.63, 3.8) is 0 Å². The number of likely N-dealkylation sites (tertiary alicyclic amines) is 1. The predicted molar refractivity (Wildman–Crippen MR) is 107 cm³/mol. The van der Waals surface area contributed by atoms with Gasteiger partial charge in [-0.05, 0) is 38.3 Å². The SMILES string of the molecule is Cc1ccc(C(=O)N(C)C2CN(C(=O)N3CCCN(C4CCC4)CC3)C2)cn1. The van der Waals surface area contributed by atoms with Crippen LogP contribution in [0.1, 0.15) is 41.7 Å². The Morgan fingerprint density at radius 1 is 1.04 bits per heavy atom. The van der Waals surface area contributed by atoms with Crippen molar-refractivity contribution in [2.24, 2.45) is 0 Å². The molecule has 0 spiro atoms. The van der Waals surface area contributed by atoms with Gasteiger partial charge in [0, 0.05) is 64.2 Å². The van der Waals surface area contributed by atoms with Crippen LogP contribution in [0.4, 0.5) is 4.79 Å². The standard InChI is InChI=1S/C21H31N5O2/c1-16-7-8-17(13-22-16)20(27)23(2)19-14-26(15-19)21(28)25-10-4-9-24(11-12-25)18-5-3-6-18/h7-8,13,18-19H,3-6,9-12,14-15H2,1-2H3. The molecule has 1 aliphatic carbocycles. The fraction of sp³-hybridized carbons (Fsp3) is 0.667. The molecule has 28 heavy (non-hydrogen) atoms. The number of aryl methyl sites for hydroxylation is 1. The van der Waals surface area contributed by atoms with E-state index in [0.29, 0.717) is 18.7 Å². The minimum atomic E-state index is -0.0319. The monoisotopic (exact) mass is 385 g/mol. The van der Waals surface area contributed by atoms with Crippen LogP contribution >= 0.6 is 0 Å². The van der Waals surface area contributed by atoms with Gasteiger partial charge in [0.25, 0.3) is 5.91 Å². The number of nitrogens with zero attached hydrogens (tertiary/aromatic N) is 5. The van der Waals surface area contributed by atoms with Gasteiger partial charge in [-0.15, -0.1) is 0 Å². The molecule has 0 aromatic carbocycles. The smallest absolute Gasteiger partial charge is 0.320 e. The molecule has 3 heterocycles. The quantitative estimate of drug-likeness (QED) is 0.796. The van der Waals surface area contributed by atoms with Gasteiger partial charge < -0.3 is 14.7 Å². The fourth-order valence-corrected chi connectivity index (χ4v) is 4.27. The molecule has 2 aliphatic heterocycles. The van der Waals surface area contributed by atoms with E-state index in [1.165, 1.54) is 19.3 Å². The Morgan fingerprint density at radius 2 is 1.82 bits per heavy atom. The van der Waals surface area contributed by atoms with Gasteiger partial charge in [0.15, 0.2) is 0 Å². The third-order valence-corrected chi connectivity index (χ3v) is 6.55. The second kappa shape index (κ2) is 8.07. The Balaban J connectivity index is 1.26. The van der Waals surface area contributed by atoms with Crippen LogP contribution in [0.5, 0.6) is 0 Å². The van der Waals surface area contributed by atoms with Crippen molar-refractivity contribution in [3.8, 4) is 0 Å². The highest BCUT2D eigenvalue weighted by Crippen LogP contribution is 2.26. The summed E-state index contributed by atoms with van der Waals surface area (Å²) in [5.74, 6) is -0.0319. The number of likely N-dealkylation sites (N-methyl/N-ethyl adjacent to an activating group) is 1. The summed E-state index contributed by atoms with van der Waals surface area (Å²) in [4.78, 5) is 37.9. The molecule has 1 saturated carbocycles. The summed E-state index contributed by atoms with van der Waals surface area (Å²) < 4.78 is 0. The summed E-state index contributed by atoms with van der Waals surface area (Å²) in [5.41, 5.74) is 1.49. The maximum atomic E-state index is 12.9.